The van der Waals surface area contributed by atoms with E-state index >= 15 is 0 Å². The van der Waals surface area contributed by atoms with Gasteiger partial charge in [0.2, 0.25) is 0 Å². The number of nitrogens with zero attached hydrogens (tertiary/aromatic N) is 1. The molecule has 1 aliphatic heterocycles. The number of aliphatic hydroxyl groups is 1. The molecule has 0 aliphatic carbocycles. The quantitative estimate of drug-likeness (QED) is 0.897. The number of β-amino-alcohol motifs (C(OH)–C–C–N with tert-alkyl or cyclic N) is 1. The van der Waals surface area contributed by atoms with Gasteiger partial charge in [-0.3, -0.25) is 0 Å². The van der Waals surface area contributed by atoms with E-state index in [2.05, 4.69) is 18.7 Å². The van der Waals surface area contributed by atoms with Crippen molar-refractivity contribution in [1.29, 1.82) is 0 Å². The predicted molar refractivity (Wildman–Crippen MR) is 82.0 cm³/mol. The molecule has 1 fully saturated rings. The van der Waals surface area contributed by atoms with Gasteiger partial charge in [0.15, 0.2) is 0 Å². The van der Waals surface area contributed by atoms with Crippen molar-refractivity contribution in [2.45, 2.75) is 39.2 Å². The molecule has 3 nitrogen and oxygen atoms in total. The highest BCUT2D eigenvalue weighted by Gasteiger charge is 2.29. The van der Waals surface area contributed by atoms with Crippen LogP contribution in [0.25, 0.3) is 0 Å². The molecule has 1 aliphatic rings. The van der Waals surface area contributed by atoms with E-state index < -0.39 is 6.10 Å². The van der Waals surface area contributed by atoms with E-state index in [0.717, 1.165) is 24.4 Å². The first-order valence-corrected chi connectivity index (χ1v) is 7.61. The maximum atomic E-state index is 10.4. The van der Waals surface area contributed by atoms with Crippen LogP contribution >= 0.6 is 0 Å². The Morgan fingerprint density at radius 2 is 2.05 bits per heavy atom. The van der Waals surface area contributed by atoms with Crippen LogP contribution in [0.3, 0.4) is 0 Å². The van der Waals surface area contributed by atoms with Crippen molar-refractivity contribution in [2.24, 2.45) is 5.41 Å². The zero-order valence-corrected chi connectivity index (χ0v) is 12.9. The van der Waals surface area contributed by atoms with Gasteiger partial charge in [0.05, 0.1) is 13.2 Å². The maximum Gasteiger partial charge on any atom is 0.119 e. The van der Waals surface area contributed by atoms with Crippen molar-refractivity contribution in [3.63, 3.8) is 0 Å². The molecule has 0 bridgehead atoms. The SMILES string of the molecule is CCC1(C)CCN(CC(O)c2cccc(OC)c2)CC1. The minimum Gasteiger partial charge on any atom is -0.497 e. The third-order valence-corrected chi connectivity index (χ3v) is 4.83. The molecule has 1 atom stereocenters. The van der Waals surface area contributed by atoms with Crippen molar-refractivity contribution in [1.82, 2.24) is 4.90 Å². The molecule has 0 amide bonds. The molecule has 20 heavy (non-hydrogen) atoms. The number of hydrogen-bond donors (Lipinski definition) is 1. The molecule has 3 heteroatoms. The lowest BCUT2D eigenvalue weighted by Crippen LogP contribution is -2.40. The summed E-state index contributed by atoms with van der Waals surface area (Å²) in [6.07, 6.45) is 3.28. The second kappa shape index (κ2) is 6.59. The number of ether oxygens (including phenoxy) is 1. The van der Waals surface area contributed by atoms with Crippen LogP contribution < -0.4 is 4.74 Å². The van der Waals surface area contributed by atoms with Crippen LogP contribution in [0.2, 0.25) is 0 Å². The van der Waals surface area contributed by atoms with Crippen LogP contribution in [-0.4, -0.2) is 36.8 Å². The number of hydrogen-bond acceptors (Lipinski definition) is 3. The Kier molecular flexibility index (Phi) is 5.06. The minimum absolute atomic E-state index is 0.434. The second-order valence-corrected chi connectivity index (χ2v) is 6.26. The van der Waals surface area contributed by atoms with Gasteiger partial charge < -0.3 is 14.7 Å². The van der Waals surface area contributed by atoms with Crippen molar-refractivity contribution in [3.8, 4) is 5.75 Å². The van der Waals surface area contributed by atoms with E-state index in [0.29, 0.717) is 12.0 Å². The molecule has 1 aromatic carbocycles. The Bertz CT molecular complexity index is 425. The lowest BCUT2D eigenvalue weighted by atomic mass is 9.78. The van der Waals surface area contributed by atoms with Gasteiger partial charge in [-0.2, -0.15) is 0 Å². The summed E-state index contributed by atoms with van der Waals surface area (Å²) < 4.78 is 5.21. The van der Waals surface area contributed by atoms with Crippen molar-refractivity contribution < 1.29 is 9.84 Å². The first-order valence-electron chi connectivity index (χ1n) is 7.61. The molecular formula is C17H27NO2. The summed E-state index contributed by atoms with van der Waals surface area (Å²) in [7, 11) is 1.65. The van der Waals surface area contributed by atoms with Gasteiger partial charge in [0.1, 0.15) is 5.75 Å². The van der Waals surface area contributed by atoms with Crippen LogP contribution in [0.4, 0.5) is 0 Å². The van der Waals surface area contributed by atoms with E-state index in [9.17, 15) is 5.11 Å². The largest absolute Gasteiger partial charge is 0.497 e. The van der Waals surface area contributed by atoms with Gasteiger partial charge >= 0.3 is 0 Å². The van der Waals surface area contributed by atoms with E-state index in [1.54, 1.807) is 7.11 Å². The molecule has 1 heterocycles. The molecule has 1 aromatic rings. The summed E-state index contributed by atoms with van der Waals surface area (Å²) in [5.74, 6) is 0.804. The Morgan fingerprint density at radius 3 is 2.65 bits per heavy atom. The van der Waals surface area contributed by atoms with Crippen molar-refractivity contribution >= 4 is 0 Å². The topological polar surface area (TPSA) is 32.7 Å². The Hall–Kier alpha value is -1.06. The molecule has 112 valence electrons. The standard InChI is InChI=1S/C17H27NO2/c1-4-17(2)8-10-18(11-9-17)13-16(19)14-6-5-7-15(12-14)20-3/h5-7,12,16,19H,4,8-11,13H2,1-3H3. The van der Waals surface area contributed by atoms with Crippen LogP contribution in [0, 0.1) is 5.41 Å². The van der Waals surface area contributed by atoms with Gasteiger partial charge in [-0.15, -0.1) is 0 Å². The fraction of sp³-hybridized carbons (Fsp3) is 0.647. The summed E-state index contributed by atoms with van der Waals surface area (Å²) >= 11 is 0. The monoisotopic (exact) mass is 277 g/mol. The number of aliphatic hydroxyl groups excluding tert-OH is 1. The number of methoxy groups -OCH3 is 1. The van der Waals surface area contributed by atoms with E-state index in [1.165, 1.54) is 19.3 Å². The smallest absolute Gasteiger partial charge is 0.119 e. The summed E-state index contributed by atoms with van der Waals surface area (Å²) in [5.41, 5.74) is 1.44. The van der Waals surface area contributed by atoms with Gasteiger partial charge in [0.25, 0.3) is 0 Å². The fourth-order valence-corrected chi connectivity index (χ4v) is 2.83. The summed E-state index contributed by atoms with van der Waals surface area (Å²) in [6.45, 7) is 7.55. The lowest BCUT2D eigenvalue weighted by molar-refractivity contribution is 0.0625. The number of rotatable bonds is 5. The van der Waals surface area contributed by atoms with Gasteiger partial charge in [-0.1, -0.05) is 32.4 Å². The molecule has 1 N–H and O–H groups in total. The molecular weight excluding hydrogens is 250 g/mol. The predicted octanol–water partition coefficient (Wildman–Crippen LogP) is 3.24. The highest BCUT2D eigenvalue weighted by atomic mass is 16.5. The van der Waals surface area contributed by atoms with E-state index in [-0.39, 0.29) is 0 Å². The summed E-state index contributed by atoms with van der Waals surface area (Å²) in [4.78, 5) is 2.38. The number of likely N-dealkylation sites (tertiary alicyclic amines) is 1. The van der Waals surface area contributed by atoms with Crippen LogP contribution in [0.5, 0.6) is 5.75 Å². The fourth-order valence-electron chi connectivity index (χ4n) is 2.83. The second-order valence-electron chi connectivity index (χ2n) is 6.26. The highest BCUT2D eigenvalue weighted by molar-refractivity contribution is 5.29. The Labute approximate surface area is 122 Å². The minimum atomic E-state index is -0.434. The average molecular weight is 277 g/mol. The molecule has 1 unspecified atom stereocenters. The zero-order valence-electron chi connectivity index (χ0n) is 12.9. The molecule has 1 saturated heterocycles. The normalized spacial score (nSPS) is 20.6. The van der Waals surface area contributed by atoms with E-state index in [4.69, 9.17) is 4.74 Å². The third-order valence-electron chi connectivity index (χ3n) is 4.83. The van der Waals surface area contributed by atoms with E-state index in [1.807, 2.05) is 24.3 Å². The Morgan fingerprint density at radius 1 is 1.35 bits per heavy atom. The van der Waals surface area contributed by atoms with Crippen LogP contribution in [0.15, 0.2) is 24.3 Å². The average Bonchev–Trinajstić information content (AvgIpc) is 2.50. The molecule has 0 saturated carbocycles. The maximum absolute atomic E-state index is 10.4. The first-order chi connectivity index (χ1) is 9.56. The van der Waals surface area contributed by atoms with Crippen molar-refractivity contribution in [3.05, 3.63) is 29.8 Å². The molecule has 0 spiro atoms. The number of piperidine rings is 1. The van der Waals surface area contributed by atoms with Crippen LogP contribution in [0.1, 0.15) is 44.8 Å². The van der Waals surface area contributed by atoms with Gasteiger partial charge in [-0.25, -0.2) is 0 Å². The third kappa shape index (κ3) is 3.74. The van der Waals surface area contributed by atoms with Gasteiger partial charge in [-0.05, 0) is 49.0 Å². The molecule has 2 rings (SSSR count). The Balaban J connectivity index is 1.90. The van der Waals surface area contributed by atoms with Crippen molar-refractivity contribution in [2.75, 3.05) is 26.7 Å². The summed E-state index contributed by atoms with van der Waals surface area (Å²) in [5, 5.41) is 10.4. The van der Waals surface area contributed by atoms with Crippen LogP contribution in [-0.2, 0) is 0 Å². The molecule has 0 radical (unpaired) electrons. The highest BCUT2D eigenvalue weighted by Crippen LogP contribution is 2.34. The first kappa shape index (κ1) is 15.3. The number of benzene rings is 1. The zero-order chi connectivity index (χ0) is 14.6. The molecule has 0 aromatic heterocycles. The van der Waals surface area contributed by atoms with Gasteiger partial charge in [0, 0.05) is 6.54 Å². The lowest BCUT2D eigenvalue weighted by Gasteiger charge is -2.39. The summed E-state index contributed by atoms with van der Waals surface area (Å²) in [6, 6.07) is 7.73.